The molecule has 0 bridgehead atoms. The number of methoxy groups -OCH3 is 1. The van der Waals surface area contributed by atoms with Crippen LogP contribution in [-0.2, 0) is 6.42 Å². The van der Waals surface area contributed by atoms with Crippen LogP contribution in [-0.4, -0.2) is 19.7 Å². The Hall–Kier alpha value is -0.730. The van der Waals surface area contributed by atoms with Crippen molar-refractivity contribution in [2.24, 2.45) is 0 Å². The number of aryl methyl sites for hydroxylation is 1. The van der Waals surface area contributed by atoms with Crippen molar-refractivity contribution in [3.63, 3.8) is 0 Å². The molecule has 3 heteroatoms. The van der Waals surface area contributed by atoms with Gasteiger partial charge < -0.3 is 10.1 Å². The summed E-state index contributed by atoms with van der Waals surface area (Å²) in [7, 11) is 1.65. The molecule has 18 heavy (non-hydrogen) atoms. The molecule has 1 aromatic rings. The minimum absolute atomic E-state index is 0.713. The van der Waals surface area contributed by atoms with Crippen molar-refractivity contribution < 1.29 is 4.74 Å². The SMILES string of the molecule is COc1ccc(CCCCCNC2CC2)cc1Cl. The maximum absolute atomic E-state index is 6.10. The number of benzene rings is 1. The molecule has 0 saturated heterocycles. The number of unbranched alkanes of at least 4 members (excludes halogenated alkanes) is 2. The molecule has 100 valence electrons. The van der Waals surface area contributed by atoms with Crippen LogP contribution < -0.4 is 10.1 Å². The number of hydrogen-bond acceptors (Lipinski definition) is 2. The second-order valence-electron chi connectivity index (χ2n) is 5.01. The average Bonchev–Trinajstić information content (AvgIpc) is 3.18. The monoisotopic (exact) mass is 267 g/mol. The number of rotatable bonds is 8. The molecule has 0 atom stereocenters. The van der Waals surface area contributed by atoms with E-state index < -0.39 is 0 Å². The van der Waals surface area contributed by atoms with Crippen LogP contribution in [0, 0.1) is 0 Å². The first kappa shape index (κ1) is 13.7. The highest BCUT2D eigenvalue weighted by Gasteiger charge is 2.19. The van der Waals surface area contributed by atoms with E-state index in [4.69, 9.17) is 16.3 Å². The molecule has 0 spiro atoms. The summed E-state index contributed by atoms with van der Waals surface area (Å²) in [5.41, 5.74) is 1.30. The number of nitrogens with one attached hydrogen (secondary N) is 1. The summed E-state index contributed by atoms with van der Waals surface area (Å²) in [6, 6.07) is 6.91. The molecular formula is C15H22ClNO. The lowest BCUT2D eigenvalue weighted by Gasteiger charge is -2.06. The molecule has 0 heterocycles. The summed E-state index contributed by atoms with van der Waals surface area (Å²) in [5, 5.41) is 4.26. The summed E-state index contributed by atoms with van der Waals surface area (Å²) in [6.07, 6.45) is 7.65. The fourth-order valence-corrected chi connectivity index (χ4v) is 2.37. The summed E-state index contributed by atoms with van der Waals surface area (Å²) < 4.78 is 5.15. The number of halogens is 1. The third kappa shape index (κ3) is 4.51. The molecule has 0 aromatic heterocycles. The molecule has 1 aliphatic carbocycles. The fourth-order valence-electron chi connectivity index (χ4n) is 2.09. The third-order valence-electron chi connectivity index (χ3n) is 3.37. The minimum Gasteiger partial charge on any atom is -0.495 e. The highest BCUT2D eigenvalue weighted by Crippen LogP contribution is 2.25. The van der Waals surface area contributed by atoms with Gasteiger partial charge in [0.2, 0.25) is 0 Å². The summed E-state index contributed by atoms with van der Waals surface area (Å²) in [4.78, 5) is 0. The second kappa shape index (κ2) is 7.01. The first-order valence-electron chi connectivity index (χ1n) is 6.85. The van der Waals surface area contributed by atoms with Crippen molar-refractivity contribution >= 4 is 11.6 Å². The van der Waals surface area contributed by atoms with Gasteiger partial charge in [-0.1, -0.05) is 24.1 Å². The zero-order valence-corrected chi connectivity index (χ0v) is 11.8. The van der Waals surface area contributed by atoms with Gasteiger partial charge in [-0.2, -0.15) is 0 Å². The van der Waals surface area contributed by atoms with Crippen LogP contribution in [0.1, 0.15) is 37.7 Å². The van der Waals surface area contributed by atoms with E-state index in [-0.39, 0.29) is 0 Å². The van der Waals surface area contributed by atoms with E-state index in [1.54, 1.807) is 7.11 Å². The molecule has 1 saturated carbocycles. The predicted molar refractivity (Wildman–Crippen MR) is 76.6 cm³/mol. The molecule has 1 N–H and O–H groups in total. The normalized spacial score (nSPS) is 14.8. The van der Waals surface area contributed by atoms with E-state index >= 15 is 0 Å². The van der Waals surface area contributed by atoms with Crippen molar-refractivity contribution in [3.8, 4) is 5.75 Å². The van der Waals surface area contributed by atoms with Gasteiger partial charge >= 0.3 is 0 Å². The summed E-state index contributed by atoms with van der Waals surface area (Å²) >= 11 is 6.10. The maximum Gasteiger partial charge on any atom is 0.137 e. The average molecular weight is 268 g/mol. The lowest BCUT2D eigenvalue weighted by atomic mass is 10.1. The quantitative estimate of drug-likeness (QED) is 0.723. The zero-order chi connectivity index (χ0) is 12.8. The zero-order valence-electron chi connectivity index (χ0n) is 11.0. The van der Waals surface area contributed by atoms with Gasteiger partial charge in [-0.3, -0.25) is 0 Å². The molecule has 0 amide bonds. The third-order valence-corrected chi connectivity index (χ3v) is 3.66. The number of ether oxygens (including phenoxy) is 1. The molecule has 0 aliphatic heterocycles. The fraction of sp³-hybridized carbons (Fsp3) is 0.600. The standard InChI is InChI=1S/C15H22ClNO/c1-18-15-9-6-12(11-14(15)16)5-3-2-4-10-17-13-7-8-13/h6,9,11,13,17H,2-5,7-8,10H2,1H3. The van der Waals surface area contributed by atoms with Crippen molar-refractivity contribution in [2.75, 3.05) is 13.7 Å². The van der Waals surface area contributed by atoms with Gasteiger partial charge in [0.25, 0.3) is 0 Å². The Morgan fingerprint density at radius 1 is 1.28 bits per heavy atom. The Kier molecular flexibility index (Phi) is 5.33. The molecule has 0 radical (unpaired) electrons. The summed E-state index contributed by atoms with van der Waals surface area (Å²) in [6.45, 7) is 1.17. The Morgan fingerprint density at radius 2 is 2.11 bits per heavy atom. The lowest BCUT2D eigenvalue weighted by molar-refractivity contribution is 0.415. The first-order chi connectivity index (χ1) is 8.79. The van der Waals surface area contributed by atoms with Gasteiger partial charge in [-0.15, -0.1) is 0 Å². The topological polar surface area (TPSA) is 21.3 Å². The van der Waals surface area contributed by atoms with Crippen LogP contribution >= 0.6 is 11.6 Å². The van der Waals surface area contributed by atoms with Crippen LogP contribution in [0.3, 0.4) is 0 Å². The number of hydrogen-bond donors (Lipinski definition) is 1. The molecule has 2 rings (SSSR count). The molecule has 1 aromatic carbocycles. The Labute approximate surface area is 115 Å². The maximum atomic E-state index is 6.10. The Bertz CT molecular complexity index is 377. The van der Waals surface area contributed by atoms with E-state index in [2.05, 4.69) is 11.4 Å². The highest BCUT2D eigenvalue weighted by atomic mass is 35.5. The van der Waals surface area contributed by atoms with E-state index in [1.807, 2.05) is 12.1 Å². The summed E-state index contributed by atoms with van der Waals surface area (Å²) in [5.74, 6) is 0.758. The highest BCUT2D eigenvalue weighted by molar-refractivity contribution is 6.32. The largest absolute Gasteiger partial charge is 0.495 e. The van der Waals surface area contributed by atoms with Crippen molar-refractivity contribution in [2.45, 2.75) is 44.6 Å². The van der Waals surface area contributed by atoms with E-state index in [0.29, 0.717) is 5.02 Å². The van der Waals surface area contributed by atoms with Crippen LogP contribution in [0.4, 0.5) is 0 Å². The van der Waals surface area contributed by atoms with Crippen molar-refractivity contribution in [1.29, 1.82) is 0 Å². The molecule has 2 nitrogen and oxygen atoms in total. The van der Waals surface area contributed by atoms with Gasteiger partial charge in [0.05, 0.1) is 12.1 Å². The van der Waals surface area contributed by atoms with Gasteiger partial charge in [0, 0.05) is 6.04 Å². The molecule has 1 fully saturated rings. The van der Waals surface area contributed by atoms with Crippen LogP contribution in [0.2, 0.25) is 5.02 Å². The van der Waals surface area contributed by atoms with E-state index in [0.717, 1.165) is 18.2 Å². The van der Waals surface area contributed by atoms with Gasteiger partial charge in [-0.25, -0.2) is 0 Å². The molecule has 0 unspecified atom stereocenters. The van der Waals surface area contributed by atoms with Gasteiger partial charge in [0.1, 0.15) is 5.75 Å². The van der Waals surface area contributed by atoms with E-state index in [1.165, 1.54) is 44.2 Å². The minimum atomic E-state index is 0.713. The van der Waals surface area contributed by atoms with Crippen molar-refractivity contribution in [1.82, 2.24) is 5.32 Å². The molecular weight excluding hydrogens is 246 g/mol. The van der Waals surface area contributed by atoms with Crippen LogP contribution in [0.5, 0.6) is 5.75 Å². The van der Waals surface area contributed by atoms with Crippen molar-refractivity contribution in [3.05, 3.63) is 28.8 Å². The van der Waals surface area contributed by atoms with E-state index in [9.17, 15) is 0 Å². The van der Waals surface area contributed by atoms with Crippen LogP contribution in [0.15, 0.2) is 18.2 Å². The Morgan fingerprint density at radius 3 is 2.78 bits per heavy atom. The lowest BCUT2D eigenvalue weighted by Crippen LogP contribution is -2.17. The smallest absolute Gasteiger partial charge is 0.137 e. The predicted octanol–water partition coefficient (Wildman–Crippen LogP) is 3.81. The molecule has 1 aliphatic rings. The first-order valence-corrected chi connectivity index (χ1v) is 7.23. The second-order valence-corrected chi connectivity index (χ2v) is 5.42. The van der Waals surface area contributed by atoms with Gasteiger partial charge in [0.15, 0.2) is 0 Å². The Balaban J connectivity index is 1.61. The van der Waals surface area contributed by atoms with Crippen LogP contribution in [0.25, 0.3) is 0 Å². The van der Waals surface area contributed by atoms with Gasteiger partial charge in [-0.05, 0) is 56.3 Å².